The van der Waals surface area contributed by atoms with E-state index in [1.165, 1.54) is 0 Å². The highest BCUT2D eigenvalue weighted by atomic mass is 35.5. The number of hydrogen-bond acceptors (Lipinski definition) is 6. The molecule has 0 aliphatic carbocycles. The number of aliphatic hydroxyl groups is 1. The van der Waals surface area contributed by atoms with Gasteiger partial charge in [-0.25, -0.2) is 4.98 Å². The third-order valence-electron chi connectivity index (χ3n) is 2.82. The number of aliphatic hydroxyl groups excluding tert-OH is 1. The summed E-state index contributed by atoms with van der Waals surface area (Å²) < 4.78 is 7.03. The summed E-state index contributed by atoms with van der Waals surface area (Å²) in [5.74, 6) is 0.642. The van der Waals surface area contributed by atoms with Gasteiger partial charge in [-0.1, -0.05) is 0 Å². The van der Waals surface area contributed by atoms with Crippen LogP contribution in [0.1, 0.15) is 12.8 Å². The average Bonchev–Trinajstić information content (AvgIpc) is 2.82. The highest BCUT2D eigenvalue weighted by molar-refractivity contribution is 6.28. The van der Waals surface area contributed by atoms with Crippen LogP contribution < -0.4 is 5.32 Å². The maximum absolute atomic E-state index is 8.84. The molecule has 0 saturated heterocycles. The van der Waals surface area contributed by atoms with E-state index in [0.29, 0.717) is 31.0 Å². The van der Waals surface area contributed by atoms with Gasteiger partial charge in [0.1, 0.15) is 5.52 Å². The number of hydrogen-bond donors (Lipinski definition) is 2. The number of nitrogens with one attached hydrogen (secondary N) is 1. The van der Waals surface area contributed by atoms with E-state index in [-0.39, 0.29) is 11.9 Å². The first-order valence-corrected chi connectivity index (χ1v) is 6.86. The van der Waals surface area contributed by atoms with Gasteiger partial charge in [0.05, 0.1) is 6.33 Å². The fourth-order valence-electron chi connectivity index (χ4n) is 1.91. The smallest absolute Gasteiger partial charge is 0.226 e. The molecule has 0 fully saturated rings. The highest BCUT2D eigenvalue weighted by Gasteiger charge is 2.12. The van der Waals surface area contributed by atoms with Gasteiger partial charge in [0.2, 0.25) is 5.28 Å². The zero-order valence-corrected chi connectivity index (χ0v) is 12.1. The lowest BCUT2D eigenvalue weighted by Crippen LogP contribution is -2.09. The molecular weight excluding hydrogens is 282 g/mol. The minimum absolute atomic E-state index is 0.127. The second kappa shape index (κ2) is 7.37. The summed E-state index contributed by atoms with van der Waals surface area (Å²) in [6, 6.07) is 0. The average molecular weight is 300 g/mol. The number of anilines is 1. The number of halogens is 1. The molecule has 0 aliphatic heterocycles. The summed E-state index contributed by atoms with van der Waals surface area (Å²) in [5.41, 5.74) is 1.39. The predicted molar refractivity (Wildman–Crippen MR) is 77.0 cm³/mol. The molecule has 2 heterocycles. The molecule has 0 atom stereocenters. The molecule has 0 aliphatic rings. The van der Waals surface area contributed by atoms with E-state index in [1.807, 2.05) is 4.57 Å². The number of nitrogens with zero attached hydrogens (tertiary/aromatic N) is 4. The van der Waals surface area contributed by atoms with E-state index < -0.39 is 0 Å². The summed E-state index contributed by atoms with van der Waals surface area (Å²) in [7, 11) is 1.68. The maximum atomic E-state index is 8.84. The Kier molecular flexibility index (Phi) is 5.51. The Morgan fingerprint density at radius 2 is 2.25 bits per heavy atom. The van der Waals surface area contributed by atoms with E-state index in [2.05, 4.69) is 20.3 Å². The number of imidazole rings is 1. The summed E-state index contributed by atoms with van der Waals surface area (Å²) in [4.78, 5) is 12.6. The molecule has 0 saturated carbocycles. The standard InChI is InChI=1S/C12H18ClN5O2/c1-20-7-3-5-18-8-15-11-9(18)10(14-4-2-6-19)16-12(13)17-11/h8,19H,2-7H2,1H3,(H,14,16,17). The number of aryl methyl sites for hydroxylation is 1. The van der Waals surface area contributed by atoms with Gasteiger partial charge in [-0.3, -0.25) is 0 Å². The van der Waals surface area contributed by atoms with E-state index in [9.17, 15) is 0 Å². The topological polar surface area (TPSA) is 85.1 Å². The van der Waals surface area contributed by atoms with Gasteiger partial charge in [0.15, 0.2) is 11.5 Å². The van der Waals surface area contributed by atoms with Gasteiger partial charge < -0.3 is 19.7 Å². The van der Waals surface area contributed by atoms with Crippen molar-refractivity contribution in [3.63, 3.8) is 0 Å². The van der Waals surface area contributed by atoms with Gasteiger partial charge in [0.25, 0.3) is 0 Å². The Morgan fingerprint density at radius 3 is 3.00 bits per heavy atom. The first-order chi connectivity index (χ1) is 9.76. The van der Waals surface area contributed by atoms with Crippen molar-refractivity contribution in [1.29, 1.82) is 0 Å². The Balaban J connectivity index is 2.25. The van der Waals surface area contributed by atoms with Crippen LogP contribution in [0.2, 0.25) is 5.28 Å². The normalized spacial score (nSPS) is 11.2. The quantitative estimate of drug-likeness (QED) is 0.565. The number of ether oxygens (including phenoxy) is 1. The highest BCUT2D eigenvalue weighted by Crippen LogP contribution is 2.21. The van der Waals surface area contributed by atoms with Crippen LogP contribution in [-0.4, -0.2) is 51.5 Å². The van der Waals surface area contributed by atoms with Gasteiger partial charge in [0, 0.05) is 33.4 Å². The summed E-state index contributed by atoms with van der Waals surface area (Å²) >= 11 is 5.89. The minimum Gasteiger partial charge on any atom is -0.396 e. The van der Waals surface area contributed by atoms with Crippen LogP contribution >= 0.6 is 11.6 Å². The van der Waals surface area contributed by atoms with Crippen LogP contribution in [0, 0.1) is 0 Å². The van der Waals surface area contributed by atoms with Crippen molar-refractivity contribution < 1.29 is 9.84 Å². The van der Waals surface area contributed by atoms with Crippen LogP contribution in [0.4, 0.5) is 5.82 Å². The van der Waals surface area contributed by atoms with Gasteiger partial charge in [-0.2, -0.15) is 9.97 Å². The van der Waals surface area contributed by atoms with Crippen LogP contribution in [0.25, 0.3) is 11.2 Å². The molecule has 0 unspecified atom stereocenters. The van der Waals surface area contributed by atoms with Crippen molar-refractivity contribution in [3.05, 3.63) is 11.6 Å². The minimum atomic E-state index is 0.127. The molecule has 0 bridgehead atoms. The number of fused-ring (bicyclic) bond motifs is 1. The summed E-state index contributed by atoms with van der Waals surface area (Å²) in [6.45, 7) is 2.19. The zero-order chi connectivity index (χ0) is 14.4. The molecule has 110 valence electrons. The van der Waals surface area contributed by atoms with E-state index in [0.717, 1.165) is 18.5 Å². The molecule has 0 aromatic carbocycles. The zero-order valence-electron chi connectivity index (χ0n) is 11.3. The molecule has 0 radical (unpaired) electrons. The molecule has 2 aromatic heterocycles. The third kappa shape index (κ3) is 3.56. The second-order valence-corrected chi connectivity index (χ2v) is 4.64. The first kappa shape index (κ1) is 15.0. The number of aromatic nitrogens is 4. The molecule has 20 heavy (non-hydrogen) atoms. The molecule has 2 aromatic rings. The molecule has 7 nitrogen and oxygen atoms in total. The van der Waals surface area contributed by atoms with Crippen molar-refractivity contribution in [2.45, 2.75) is 19.4 Å². The predicted octanol–water partition coefficient (Wildman–Crippen LogP) is 1.31. The largest absolute Gasteiger partial charge is 0.396 e. The van der Waals surface area contributed by atoms with E-state index in [1.54, 1.807) is 13.4 Å². The molecule has 8 heteroatoms. The Hall–Kier alpha value is -1.44. The third-order valence-corrected chi connectivity index (χ3v) is 2.99. The summed E-state index contributed by atoms with van der Waals surface area (Å²) in [5, 5.41) is 12.2. The molecule has 2 N–H and O–H groups in total. The van der Waals surface area contributed by atoms with Crippen LogP contribution in [0.3, 0.4) is 0 Å². The lowest BCUT2D eigenvalue weighted by atomic mass is 10.4. The Bertz CT molecular complexity index is 560. The van der Waals surface area contributed by atoms with E-state index in [4.69, 9.17) is 21.4 Å². The fourth-order valence-corrected chi connectivity index (χ4v) is 2.08. The maximum Gasteiger partial charge on any atom is 0.226 e. The van der Waals surface area contributed by atoms with Crippen LogP contribution in [0.15, 0.2) is 6.33 Å². The summed E-state index contributed by atoms with van der Waals surface area (Å²) in [6.07, 6.45) is 3.24. The Labute approximate surface area is 122 Å². The SMILES string of the molecule is COCCCn1cnc2nc(Cl)nc(NCCCO)c21. The van der Waals surface area contributed by atoms with E-state index >= 15 is 0 Å². The molecular formula is C12H18ClN5O2. The van der Waals surface area contributed by atoms with Crippen LogP contribution in [-0.2, 0) is 11.3 Å². The van der Waals surface area contributed by atoms with Crippen molar-refractivity contribution in [1.82, 2.24) is 19.5 Å². The van der Waals surface area contributed by atoms with Gasteiger partial charge >= 0.3 is 0 Å². The Morgan fingerprint density at radius 1 is 1.40 bits per heavy atom. The first-order valence-electron chi connectivity index (χ1n) is 6.48. The lowest BCUT2D eigenvalue weighted by Gasteiger charge is -2.09. The molecule has 0 amide bonds. The van der Waals surface area contributed by atoms with Gasteiger partial charge in [-0.05, 0) is 24.4 Å². The van der Waals surface area contributed by atoms with Crippen molar-refractivity contribution in [3.8, 4) is 0 Å². The van der Waals surface area contributed by atoms with Crippen molar-refractivity contribution in [2.24, 2.45) is 0 Å². The second-order valence-electron chi connectivity index (χ2n) is 4.30. The molecule has 2 rings (SSSR count). The number of rotatable bonds is 8. The van der Waals surface area contributed by atoms with Crippen molar-refractivity contribution in [2.75, 3.05) is 32.2 Å². The lowest BCUT2D eigenvalue weighted by molar-refractivity contribution is 0.190. The fraction of sp³-hybridized carbons (Fsp3) is 0.583. The monoisotopic (exact) mass is 299 g/mol. The van der Waals surface area contributed by atoms with Crippen LogP contribution in [0.5, 0.6) is 0 Å². The molecule has 0 spiro atoms. The number of methoxy groups -OCH3 is 1. The van der Waals surface area contributed by atoms with Gasteiger partial charge in [-0.15, -0.1) is 0 Å². The van der Waals surface area contributed by atoms with Crippen molar-refractivity contribution >= 4 is 28.6 Å².